The first kappa shape index (κ1) is 17.2. The minimum Gasteiger partial charge on any atom is -0.396 e. The van der Waals surface area contributed by atoms with Crippen LogP contribution in [0.2, 0.25) is 0 Å². The van der Waals surface area contributed by atoms with Gasteiger partial charge < -0.3 is 15.3 Å². The monoisotopic (exact) mass is 296 g/mol. The van der Waals surface area contributed by atoms with Crippen molar-refractivity contribution in [3.05, 3.63) is 0 Å². The summed E-state index contributed by atoms with van der Waals surface area (Å²) >= 11 is 0. The number of likely N-dealkylation sites (tertiary alicyclic amines) is 1. The first-order chi connectivity index (χ1) is 10.3. The molecule has 0 bridgehead atoms. The second-order valence-electron chi connectivity index (χ2n) is 7.36. The Balaban J connectivity index is 1.88. The zero-order valence-corrected chi connectivity index (χ0v) is 14.2. The lowest BCUT2D eigenvalue weighted by Crippen LogP contribution is -2.48. The van der Waals surface area contributed by atoms with Crippen LogP contribution in [-0.2, 0) is 0 Å². The average molecular weight is 296 g/mol. The predicted octanol–water partition coefficient (Wildman–Crippen LogP) is 2.89. The lowest BCUT2D eigenvalue weighted by atomic mass is 9.76. The van der Waals surface area contributed by atoms with Gasteiger partial charge in [0.05, 0.1) is 0 Å². The molecular weight excluding hydrogens is 260 g/mol. The highest BCUT2D eigenvalue weighted by atomic mass is 16.3. The summed E-state index contributed by atoms with van der Waals surface area (Å²) < 4.78 is 0. The molecule has 0 radical (unpaired) electrons. The van der Waals surface area contributed by atoms with E-state index >= 15 is 0 Å². The van der Waals surface area contributed by atoms with Gasteiger partial charge in [0.25, 0.3) is 0 Å². The summed E-state index contributed by atoms with van der Waals surface area (Å²) in [6, 6.07) is 0.724. The molecule has 0 aromatic heterocycles. The van der Waals surface area contributed by atoms with Crippen LogP contribution in [-0.4, -0.2) is 48.8 Å². The number of nitrogens with one attached hydrogen (secondary N) is 1. The van der Waals surface area contributed by atoms with Gasteiger partial charge in [-0.3, -0.25) is 0 Å². The topological polar surface area (TPSA) is 35.5 Å². The largest absolute Gasteiger partial charge is 0.396 e. The maximum Gasteiger partial charge on any atom is 0.0471 e. The van der Waals surface area contributed by atoms with Crippen LogP contribution in [0.15, 0.2) is 0 Å². The summed E-state index contributed by atoms with van der Waals surface area (Å²) in [5.41, 5.74) is 0. The summed E-state index contributed by atoms with van der Waals surface area (Å²) in [6.07, 6.45) is 9.23. The maximum atomic E-state index is 9.42. The van der Waals surface area contributed by atoms with Crippen molar-refractivity contribution in [2.45, 2.75) is 64.8 Å². The minimum absolute atomic E-state index is 0.371. The van der Waals surface area contributed by atoms with Crippen LogP contribution in [0.5, 0.6) is 0 Å². The van der Waals surface area contributed by atoms with E-state index in [2.05, 4.69) is 24.1 Å². The fourth-order valence-electron chi connectivity index (χ4n) is 4.33. The number of nitrogens with zero attached hydrogens (tertiary/aromatic N) is 1. The second kappa shape index (κ2) is 9.12. The number of hydrogen-bond donors (Lipinski definition) is 2. The number of piperidine rings is 1. The van der Waals surface area contributed by atoms with Gasteiger partial charge in [0, 0.05) is 25.7 Å². The molecule has 1 saturated carbocycles. The first-order valence-corrected chi connectivity index (χ1v) is 9.33. The van der Waals surface area contributed by atoms with Crippen molar-refractivity contribution in [2.75, 3.05) is 32.8 Å². The van der Waals surface area contributed by atoms with Crippen LogP contribution in [0.4, 0.5) is 0 Å². The van der Waals surface area contributed by atoms with Crippen molar-refractivity contribution in [1.29, 1.82) is 0 Å². The van der Waals surface area contributed by atoms with E-state index < -0.39 is 0 Å². The molecule has 0 aromatic carbocycles. The van der Waals surface area contributed by atoms with E-state index in [0.717, 1.165) is 31.0 Å². The van der Waals surface area contributed by atoms with Gasteiger partial charge in [-0.15, -0.1) is 0 Å². The lowest BCUT2D eigenvalue weighted by molar-refractivity contribution is 0.0824. The van der Waals surface area contributed by atoms with Crippen LogP contribution in [0.3, 0.4) is 0 Å². The Morgan fingerprint density at radius 2 is 2.00 bits per heavy atom. The third-order valence-corrected chi connectivity index (χ3v) is 5.68. The van der Waals surface area contributed by atoms with Crippen molar-refractivity contribution in [2.24, 2.45) is 17.8 Å². The Morgan fingerprint density at radius 1 is 1.14 bits per heavy atom. The summed E-state index contributed by atoms with van der Waals surface area (Å²) in [6.45, 7) is 9.75. The molecule has 2 N–H and O–H groups in total. The Hall–Kier alpha value is -0.120. The molecule has 1 saturated heterocycles. The number of aliphatic hydroxyl groups excluding tert-OH is 1. The molecule has 3 nitrogen and oxygen atoms in total. The van der Waals surface area contributed by atoms with Gasteiger partial charge >= 0.3 is 0 Å². The summed E-state index contributed by atoms with van der Waals surface area (Å²) in [5.74, 6) is 2.27. The zero-order chi connectivity index (χ0) is 15.1. The number of rotatable bonds is 7. The van der Waals surface area contributed by atoms with Gasteiger partial charge in [0.1, 0.15) is 0 Å². The zero-order valence-electron chi connectivity index (χ0n) is 14.2. The fourth-order valence-corrected chi connectivity index (χ4v) is 4.33. The van der Waals surface area contributed by atoms with Crippen LogP contribution < -0.4 is 5.32 Å². The fraction of sp³-hybridized carbons (Fsp3) is 1.00. The molecule has 4 atom stereocenters. The highest BCUT2D eigenvalue weighted by Gasteiger charge is 2.31. The Labute approximate surface area is 131 Å². The van der Waals surface area contributed by atoms with Gasteiger partial charge in [-0.1, -0.05) is 20.3 Å². The molecule has 3 heteroatoms. The molecule has 21 heavy (non-hydrogen) atoms. The van der Waals surface area contributed by atoms with E-state index in [-0.39, 0.29) is 0 Å². The Kier molecular flexibility index (Phi) is 7.48. The highest BCUT2D eigenvalue weighted by molar-refractivity contribution is 4.87. The van der Waals surface area contributed by atoms with Gasteiger partial charge in [-0.05, 0) is 69.4 Å². The summed E-state index contributed by atoms with van der Waals surface area (Å²) in [7, 11) is 0. The van der Waals surface area contributed by atoms with Crippen molar-refractivity contribution >= 4 is 0 Å². The predicted molar refractivity (Wildman–Crippen MR) is 89.5 cm³/mol. The molecule has 4 unspecified atom stereocenters. The minimum atomic E-state index is 0.371. The molecule has 1 heterocycles. The molecule has 124 valence electrons. The standard InChI is InChI=1S/C18H36N2O/c1-3-9-19-18-8-7-15(4-2)11-17(18)13-20-10-5-6-16(12-20)14-21/h15-19,21H,3-14H2,1-2H3. The SMILES string of the molecule is CCCNC1CCC(CC)CC1CN1CCCC(CO)C1. The van der Waals surface area contributed by atoms with Crippen LogP contribution >= 0.6 is 0 Å². The smallest absolute Gasteiger partial charge is 0.0471 e. The lowest BCUT2D eigenvalue weighted by Gasteiger charge is -2.41. The molecule has 1 aliphatic carbocycles. The Bertz CT molecular complexity index is 284. The van der Waals surface area contributed by atoms with Crippen molar-refractivity contribution in [3.8, 4) is 0 Å². The number of aliphatic hydroxyl groups is 1. The van der Waals surface area contributed by atoms with Crippen LogP contribution in [0, 0.1) is 17.8 Å². The van der Waals surface area contributed by atoms with Gasteiger partial charge in [0.2, 0.25) is 0 Å². The normalized spacial score (nSPS) is 35.0. The van der Waals surface area contributed by atoms with E-state index in [1.165, 1.54) is 58.0 Å². The molecule has 2 rings (SSSR count). The second-order valence-corrected chi connectivity index (χ2v) is 7.36. The third-order valence-electron chi connectivity index (χ3n) is 5.68. The molecule has 2 fully saturated rings. The average Bonchev–Trinajstić information content (AvgIpc) is 2.53. The van der Waals surface area contributed by atoms with Crippen LogP contribution in [0.25, 0.3) is 0 Å². The summed E-state index contributed by atoms with van der Waals surface area (Å²) in [5, 5.41) is 13.2. The first-order valence-electron chi connectivity index (χ1n) is 9.33. The van der Waals surface area contributed by atoms with E-state index in [9.17, 15) is 5.11 Å². The van der Waals surface area contributed by atoms with E-state index in [1.807, 2.05) is 0 Å². The highest BCUT2D eigenvalue weighted by Crippen LogP contribution is 2.32. The molecule has 2 aliphatic rings. The van der Waals surface area contributed by atoms with Crippen molar-refractivity contribution in [3.63, 3.8) is 0 Å². The molecule has 0 spiro atoms. The van der Waals surface area contributed by atoms with Crippen LogP contribution in [0.1, 0.15) is 58.8 Å². The van der Waals surface area contributed by atoms with E-state index in [4.69, 9.17) is 0 Å². The molecule has 0 aromatic rings. The third kappa shape index (κ3) is 5.22. The quantitative estimate of drug-likeness (QED) is 0.758. The maximum absolute atomic E-state index is 9.42. The van der Waals surface area contributed by atoms with E-state index in [0.29, 0.717) is 12.5 Å². The molecular formula is C18H36N2O. The van der Waals surface area contributed by atoms with E-state index in [1.54, 1.807) is 0 Å². The van der Waals surface area contributed by atoms with Crippen molar-refractivity contribution < 1.29 is 5.11 Å². The van der Waals surface area contributed by atoms with Gasteiger partial charge in [-0.25, -0.2) is 0 Å². The van der Waals surface area contributed by atoms with Gasteiger partial charge in [0.15, 0.2) is 0 Å². The number of hydrogen-bond acceptors (Lipinski definition) is 3. The molecule has 0 amide bonds. The van der Waals surface area contributed by atoms with Gasteiger partial charge in [-0.2, -0.15) is 0 Å². The Morgan fingerprint density at radius 3 is 2.71 bits per heavy atom. The molecule has 1 aliphatic heterocycles. The van der Waals surface area contributed by atoms with Crippen molar-refractivity contribution in [1.82, 2.24) is 10.2 Å². The summed E-state index contributed by atoms with van der Waals surface area (Å²) in [4.78, 5) is 2.63.